The molecule has 0 amide bonds. The Bertz CT molecular complexity index is 536. The van der Waals surface area contributed by atoms with Crippen LogP contribution in [0.5, 0.6) is 0 Å². The van der Waals surface area contributed by atoms with Crippen LogP contribution in [-0.4, -0.2) is 44.9 Å². The summed E-state index contributed by atoms with van der Waals surface area (Å²) >= 11 is 0. The van der Waals surface area contributed by atoms with Crippen molar-refractivity contribution in [2.75, 3.05) is 26.5 Å². The molecule has 0 atom stereocenters. The summed E-state index contributed by atoms with van der Waals surface area (Å²) in [4.78, 5) is 4.80. The van der Waals surface area contributed by atoms with Gasteiger partial charge in [-0.25, -0.2) is 8.42 Å². The number of benzene rings is 1. The summed E-state index contributed by atoms with van der Waals surface area (Å²) in [7, 11) is -0.244. The van der Waals surface area contributed by atoms with Gasteiger partial charge < -0.3 is 4.84 Å². The third kappa shape index (κ3) is 4.33. The third-order valence-electron chi connectivity index (χ3n) is 2.80. The Kier molecular flexibility index (Phi) is 5.50. The van der Waals surface area contributed by atoms with Gasteiger partial charge in [-0.3, -0.25) is 0 Å². The van der Waals surface area contributed by atoms with E-state index < -0.39 is 10.0 Å². The Balaban J connectivity index is 2.98. The zero-order chi connectivity index (χ0) is 14.5. The number of aryl methyl sites for hydroxylation is 1. The van der Waals surface area contributed by atoms with E-state index in [4.69, 9.17) is 4.84 Å². The molecular weight excluding hydrogens is 264 g/mol. The lowest BCUT2D eigenvalue weighted by molar-refractivity contribution is 0.212. The molecule has 0 aliphatic heterocycles. The van der Waals surface area contributed by atoms with Gasteiger partial charge in [0.25, 0.3) is 0 Å². The lowest BCUT2D eigenvalue weighted by atomic mass is 10.1. The van der Waals surface area contributed by atoms with Gasteiger partial charge >= 0.3 is 0 Å². The molecule has 19 heavy (non-hydrogen) atoms. The third-order valence-corrected chi connectivity index (χ3v) is 4.61. The van der Waals surface area contributed by atoms with E-state index >= 15 is 0 Å². The van der Waals surface area contributed by atoms with Gasteiger partial charge in [0.05, 0.1) is 12.3 Å². The minimum atomic E-state index is -3.23. The summed E-state index contributed by atoms with van der Waals surface area (Å²) < 4.78 is 24.8. The van der Waals surface area contributed by atoms with Gasteiger partial charge in [-0.2, -0.15) is 4.31 Å². The Morgan fingerprint density at radius 1 is 1.32 bits per heavy atom. The molecule has 1 rings (SSSR count). The molecule has 0 aliphatic carbocycles. The molecule has 0 saturated heterocycles. The summed E-state index contributed by atoms with van der Waals surface area (Å²) in [5.41, 5.74) is 2.57. The van der Waals surface area contributed by atoms with Crippen molar-refractivity contribution in [1.82, 2.24) is 4.31 Å². The maximum Gasteiger partial charge on any atom is 0.213 e. The molecule has 0 spiro atoms. The highest BCUT2D eigenvalue weighted by Crippen LogP contribution is 2.08. The summed E-state index contributed by atoms with van der Waals surface area (Å²) in [6, 6.07) is 7.71. The molecule has 0 N–H and O–H groups in total. The second-order valence-electron chi connectivity index (χ2n) is 4.24. The second kappa shape index (κ2) is 6.68. The van der Waals surface area contributed by atoms with Crippen molar-refractivity contribution in [3.05, 3.63) is 35.4 Å². The number of nitrogens with zero attached hydrogens (tertiary/aromatic N) is 2. The highest BCUT2D eigenvalue weighted by molar-refractivity contribution is 7.89. The van der Waals surface area contributed by atoms with Crippen LogP contribution in [-0.2, 0) is 14.9 Å². The SMILES string of the molecule is CCS(=O)(=O)N(C)CC(=NOC)c1ccc(C)cc1. The fourth-order valence-corrected chi connectivity index (χ4v) is 2.32. The van der Waals surface area contributed by atoms with Crippen LogP contribution in [0.4, 0.5) is 0 Å². The fraction of sp³-hybridized carbons (Fsp3) is 0.462. The highest BCUT2D eigenvalue weighted by atomic mass is 32.2. The van der Waals surface area contributed by atoms with E-state index in [0.29, 0.717) is 5.71 Å². The monoisotopic (exact) mass is 284 g/mol. The van der Waals surface area contributed by atoms with Crippen molar-refractivity contribution in [3.8, 4) is 0 Å². The van der Waals surface area contributed by atoms with Crippen LogP contribution >= 0.6 is 0 Å². The number of likely N-dealkylation sites (N-methyl/N-ethyl adjacent to an activating group) is 1. The smallest absolute Gasteiger partial charge is 0.213 e. The van der Waals surface area contributed by atoms with E-state index in [1.54, 1.807) is 6.92 Å². The topological polar surface area (TPSA) is 59.0 Å². The molecule has 0 bridgehead atoms. The van der Waals surface area contributed by atoms with E-state index in [9.17, 15) is 8.42 Å². The first-order valence-electron chi connectivity index (χ1n) is 6.01. The fourth-order valence-electron chi connectivity index (χ4n) is 1.56. The largest absolute Gasteiger partial charge is 0.399 e. The van der Waals surface area contributed by atoms with Crippen LogP contribution in [0.2, 0.25) is 0 Å². The van der Waals surface area contributed by atoms with Gasteiger partial charge in [-0.15, -0.1) is 0 Å². The number of oxime groups is 1. The Morgan fingerprint density at radius 3 is 2.37 bits per heavy atom. The van der Waals surface area contributed by atoms with E-state index in [-0.39, 0.29) is 12.3 Å². The molecule has 106 valence electrons. The van der Waals surface area contributed by atoms with Gasteiger partial charge in [-0.1, -0.05) is 35.0 Å². The summed E-state index contributed by atoms with van der Waals surface area (Å²) in [6.45, 7) is 3.79. The predicted octanol–water partition coefficient (Wildman–Crippen LogP) is 1.63. The number of rotatable bonds is 6. The average Bonchev–Trinajstić information content (AvgIpc) is 2.39. The first kappa shape index (κ1) is 15.7. The number of sulfonamides is 1. The van der Waals surface area contributed by atoms with Crippen LogP contribution in [0.1, 0.15) is 18.1 Å². The second-order valence-corrected chi connectivity index (χ2v) is 6.61. The Morgan fingerprint density at radius 2 is 1.89 bits per heavy atom. The van der Waals surface area contributed by atoms with E-state index in [2.05, 4.69) is 5.16 Å². The van der Waals surface area contributed by atoms with Crippen LogP contribution < -0.4 is 0 Å². The van der Waals surface area contributed by atoms with Gasteiger partial charge in [0, 0.05) is 12.6 Å². The number of hydrogen-bond donors (Lipinski definition) is 0. The van der Waals surface area contributed by atoms with Crippen LogP contribution in [0, 0.1) is 6.92 Å². The lowest BCUT2D eigenvalue weighted by Gasteiger charge is -2.17. The van der Waals surface area contributed by atoms with Crippen molar-refractivity contribution in [1.29, 1.82) is 0 Å². The van der Waals surface area contributed by atoms with Gasteiger partial charge in [0.2, 0.25) is 10.0 Å². The van der Waals surface area contributed by atoms with E-state index in [1.165, 1.54) is 18.5 Å². The predicted molar refractivity (Wildman–Crippen MR) is 76.8 cm³/mol. The molecule has 0 saturated carbocycles. The highest BCUT2D eigenvalue weighted by Gasteiger charge is 2.18. The maximum atomic E-state index is 11.8. The van der Waals surface area contributed by atoms with Crippen molar-refractivity contribution in [2.45, 2.75) is 13.8 Å². The van der Waals surface area contributed by atoms with Crippen molar-refractivity contribution < 1.29 is 13.3 Å². The molecular formula is C13H20N2O3S. The molecule has 0 unspecified atom stereocenters. The first-order valence-corrected chi connectivity index (χ1v) is 7.62. The summed E-state index contributed by atoms with van der Waals surface area (Å²) in [5.74, 6) is 0.0671. The van der Waals surface area contributed by atoms with Crippen LogP contribution in [0.25, 0.3) is 0 Å². The standard InChI is InChI=1S/C13H20N2O3S/c1-5-19(16,17)15(3)10-13(14-18-4)12-8-6-11(2)7-9-12/h6-9H,5,10H2,1-4H3. The molecule has 5 nitrogen and oxygen atoms in total. The zero-order valence-corrected chi connectivity index (χ0v) is 12.6. The van der Waals surface area contributed by atoms with Crippen molar-refractivity contribution >= 4 is 15.7 Å². The quantitative estimate of drug-likeness (QED) is 0.589. The van der Waals surface area contributed by atoms with Gasteiger partial charge in [-0.05, 0) is 13.8 Å². The maximum absolute atomic E-state index is 11.8. The first-order chi connectivity index (χ1) is 8.90. The molecule has 0 radical (unpaired) electrons. The van der Waals surface area contributed by atoms with Crippen molar-refractivity contribution in [2.24, 2.45) is 5.16 Å². The average molecular weight is 284 g/mol. The molecule has 6 heteroatoms. The summed E-state index contributed by atoms with van der Waals surface area (Å²) in [6.07, 6.45) is 0. The molecule has 0 aliphatic rings. The van der Waals surface area contributed by atoms with E-state index in [0.717, 1.165) is 11.1 Å². The molecule has 1 aromatic carbocycles. The Labute approximate surface area is 114 Å². The molecule has 1 aromatic rings. The van der Waals surface area contributed by atoms with Crippen LogP contribution in [0.3, 0.4) is 0 Å². The molecule has 0 fully saturated rings. The number of hydrogen-bond acceptors (Lipinski definition) is 4. The van der Waals surface area contributed by atoms with Gasteiger partial charge in [0.15, 0.2) is 0 Å². The summed E-state index contributed by atoms with van der Waals surface area (Å²) in [5, 5.41) is 3.92. The van der Waals surface area contributed by atoms with E-state index in [1.807, 2.05) is 31.2 Å². The molecule has 0 heterocycles. The lowest BCUT2D eigenvalue weighted by Crippen LogP contribution is -2.33. The Hall–Kier alpha value is -1.40. The minimum absolute atomic E-state index is 0.0671. The normalized spacial score (nSPS) is 12.8. The van der Waals surface area contributed by atoms with Crippen molar-refractivity contribution in [3.63, 3.8) is 0 Å². The zero-order valence-electron chi connectivity index (χ0n) is 11.8. The molecule has 0 aromatic heterocycles. The van der Waals surface area contributed by atoms with Gasteiger partial charge in [0.1, 0.15) is 12.8 Å². The minimum Gasteiger partial charge on any atom is -0.399 e. The van der Waals surface area contributed by atoms with Crippen LogP contribution in [0.15, 0.2) is 29.4 Å².